The molecule has 0 radical (unpaired) electrons. The van der Waals surface area contributed by atoms with Gasteiger partial charge in [0.1, 0.15) is 10.7 Å². The number of methoxy groups -OCH3 is 2. The highest BCUT2D eigenvalue weighted by Crippen LogP contribution is 2.11. The molecule has 0 aromatic heterocycles. The number of benzene rings is 1. The number of nitrogens with two attached hydrogens (primary N) is 1. The van der Waals surface area contributed by atoms with E-state index in [1.165, 1.54) is 0 Å². The van der Waals surface area contributed by atoms with E-state index in [0.29, 0.717) is 23.9 Å². The quantitative estimate of drug-likeness (QED) is 0.645. The zero-order valence-electron chi connectivity index (χ0n) is 12.1. The van der Waals surface area contributed by atoms with Gasteiger partial charge in [0.2, 0.25) is 0 Å². The number of amides is 1. The summed E-state index contributed by atoms with van der Waals surface area (Å²) in [5.41, 5.74) is 6.25. The van der Waals surface area contributed by atoms with E-state index in [9.17, 15) is 4.79 Å². The van der Waals surface area contributed by atoms with Crippen molar-refractivity contribution in [3.63, 3.8) is 0 Å². The van der Waals surface area contributed by atoms with Crippen LogP contribution >= 0.6 is 12.2 Å². The number of hydrogen-bond donors (Lipinski definition) is 2. The lowest BCUT2D eigenvalue weighted by Gasteiger charge is -2.15. The summed E-state index contributed by atoms with van der Waals surface area (Å²) in [6, 6.07) is 6.92. The van der Waals surface area contributed by atoms with Crippen molar-refractivity contribution in [3.05, 3.63) is 29.8 Å². The van der Waals surface area contributed by atoms with Crippen molar-refractivity contribution >= 4 is 23.1 Å². The van der Waals surface area contributed by atoms with Gasteiger partial charge < -0.3 is 25.3 Å². The summed E-state index contributed by atoms with van der Waals surface area (Å²) >= 11 is 4.85. The lowest BCUT2D eigenvalue weighted by molar-refractivity contribution is -0.123. The number of carbonyl (C=O) groups excluding carboxylic acids is 1. The van der Waals surface area contributed by atoms with Crippen molar-refractivity contribution in [2.45, 2.75) is 6.10 Å². The van der Waals surface area contributed by atoms with Crippen molar-refractivity contribution in [1.82, 2.24) is 5.32 Å². The lowest BCUT2D eigenvalue weighted by Crippen LogP contribution is -2.37. The molecule has 1 rings (SSSR count). The molecule has 1 unspecified atom stereocenters. The smallest absolute Gasteiger partial charge is 0.258 e. The third-order valence-corrected chi connectivity index (χ3v) is 2.96. The van der Waals surface area contributed by atoms with Crippen LogP contribution < -0.4 is 15.8 Å². The number of carbonyl (C=O) groups is 1. The number of hydrogen-bond acceptors (Lipinski definition) is 5. The topological polar surface area (TPSA) is 82.8 Å². The summed E-state index contributed by atoms with van der Waals surface area (Å²) in [5.74, 6) is 0.344. The first-order chi connectivity index (χ1) is 10.1. The molecule has 0 bridgehead atoms. The summed E-state index contributed by atoms with van der Waals surface area (Å²) in [5, 5.41) is 2.71. The largest absolute Gasteiger partial charge is 0.484 e. The van der Waals surface area contributed by atoms with Gasteiger partial charge in [-0.3, -0.25) is 4.79 Å². The van der Waals surface area contributed by atoms with Gasteiger partial charge in [-0.15, -0.1) is 0 Å². The molecule has 3 N–H and O–H groups in total. The maximum atomic E-state index is 11.6. The van der Waals surface area contributed by atoms with Gasteiger partial charge in [-0.1, -0.05) is 12.2 Å². The Balaban J connectivity index is 2.34. The molecule has 0 fully saturated rings. The van der Waals surface area contributed by atoms with Crippen LogP contribution in [-0.4, -0.2) is 51.0 Å². The lowest BCUT2D eigenvalue weighted by atomic mass is 10.2. The van der Waals surface area contributed by atoms with Crippen LogP contribution in [0.15, 0.2) is 24.3 Å². The van der Waals surface area contributed by atoms with Gasteiger partial charge in [-0.05, 0) is 24.3 Å². The Labute approximate surface area is 129 Å². The first kappa shape index (κ1) is 17.4. The Morgan fingerprint density at radius 2 is 2.00 bits per heavy atom. The number of thiocarbonyl (C=S) groups is 1. The van der Waals surface area contributed by atoms with E-state index in [1.807, 2.05) is 0 Å². The van der Waals surface area contributed by atoms with Crippen LogP contribution in [0.5, 0.6) is 5.75 Å². The zero-order chi connectivity index (χ0) is 15.7. The van der Waals surface area contributed by atoms with Gasteiger partial charge >= 0.3 is 0 Å². The molecule has 0 aliphatic heterocycles. The molecule has 0 spiro atoms. The third kappa shape index (κ3) is 6.52. The molecule has 6 nitrogen and oxygen atoms in total. The Hall–Kier alpha value is -1.70. The molecule has 1 atom stereocenters. The molecular weight excluding hydrogens is 292 g/mol. The van der Waals surface area contributed by atoms with E-state index in [1.54, 1.807) is 38.5 Å². The maximum absolute atomic E-state index is 11.6. The number of nitrogens with one attached hydrogen (secondary N) is 1. The molecule has 7 heteroatoms. The summed E-state index contributed by atoms with van der Waals surface area (Å²) < 4.78 is 15.5. The van der Waals surface area contributed by atoms with Crippen molar-refractivity contribution in [2.75, 3.05) is 34.0 Å². The predicted octanol–water partition coefficient (Wildman–Crippen LogP) is 0.477. The molecule has 1 aromatic carbocycles. The molecule has 21 heavy (non-hydrogen) atoms. The summed E-state index contributed by atoms with van der Waals surface area (Å²) in [6.45, 7) is 0.709. The summed E-state index contributed by atoms with van der Waals surface area (Å²) in [4.78, 5) is 12.0. The Kier molecular flexibility index (Phi) is 7.66. The van der Waals surface area contributed by atoms with E-state index in [2.05, 4.69) is 5.32 Å². The fourth-order valence-corrected chi connectivity index (χ4v) is 1.68. The highest BCUT2D eigenvalue weighted by Gasteiger charge is 2.09. The van der Waals surface area contributed by atoms with Crippen LogP contribution in [0.2, 0.25) is 0 Å². The maximum Gasteiger partial charge on any atom is 0.258 e. The number of rotatable bonds is 9. The highest BCUT2D eigenvalue weighted by molar-refractivity contribution is 7.80. The molecule has 0 aliphatic rings. The molecule has 1 amide bonds. The Morgan fingerprint density at radius 3 is 2.52 bits per heavy atom. The number of ether oxygens (including phenoxy) is 3. The zero-order valence-corrected chi connectivity index (χ0v) is 12.9. The van der Waals surface area contributed by atoms with Crippen LogP contribution in [0.25, 0.3) is 0 Å². The van der Waals surface area contributed by atoms with Crippen LogP contribution in [0.1, 0.15) is 5.56 Å². The summed E-state index contributed by atoms with van der Waals surface area (Å²) in [6.07, 6.45) is -0.177. The molecular formula is C14H20N2O4S. The second kappa shape index (κ2) is 9.28. The predicted molar refractivity (Wildman–Crippen MR) is 83.5 cm³/mol. The fraction of sp³-hybridized carbons (Fsp3) is 0.429. The average molecular weight is 312 g/mol. The van der Waals surface area contributed by atoms with E-state index in [0.717, 1.165) is 5.56 Å². The monoisotopic (exact) mass is 312 g/mol. The van der Waals surface area contributed by atoms with Crippen LogP contribution in [0, 0.1) is 0 Å². The standard InChI is InChI=1S/C14H20N2O4S/c1-18-8-12(19-2)7-16-13(17)9-20-11-5-3-10(4-6-11)14(15)21/h3-6,12H,7-9H2,1-2H3,(H2,15,21)(H,16,17). The van der Waals surface area contributed by atoms with Gasteiger partial charge in [-0.2, -0.15) is 0 Å². The second-order valence-electron chi connectivity index (χ2n) is 4.29. The van der Waals surface area contributed by atoms with E-state index in [4.69, 9.17) is 32.2 Å². The van der Waals surface area contributed by atoms with Crippen LogP contribution in [-0.2, 0) is 14.3 Å². The average Bonchev–Trinajstić information content (AvgIpc) is 2.49. The van der Waals surface area contributed by atoms with E-state index >= 15 is 0 Å². The summed E-state index contributed by atoms with van der Waals surface area (Å²) in [7, 11) is 3.14. The van der Waals surface area contributed by atoms with Crippen molar-refractivity contribution < 1.29 is 19.0 Å². The van der Waals surface area contributed by atoms with Gasteiger partial charge in [0.15, 0.2) is 6.61 Å². The Morgan fingerprint density at radius 1 is 1.33 bits per heavy atom. The molecule has 0 saturated carbocycles. The fourth-order valence-electron chi connectivity index (χ4n) is 1.54. The molecule has 1 aromatic rings. The molecule has 116 valence electrons. The SMILES string of the molecule is COCC(CNC(=O)COc1ccc(C(N)=S)cc1)OC. The van der Waals surface area contributed by atoms with E-state index in [-0.39, 0.29) is 18.6 Å². The van der Waals surface area contributed by atoms with Crippen molar-refractivity contribution in [3.8, 4) is 5.75 Å². The van der Waals surface area contributed by atoms with Gasteiger partial charge in [0.05, 0.1) is 12.7 Å². The first-order valence-electron chi connectivity index (χ1n) is 6.38. The van der Waals surface area contributed by atoms with Gasteiger partial charge in [0, 0.05) is 26.3 Å². The minimum atomic E-state index is -0.230. The van der Waals surface area contributed by atoms with Crippen molar-refractivity contribution in [1.29, 1.82) is 0 Å². The minimum absolute atomic E-state index is 0.0736. The van der Waals surface area contributed by atoms with Crippen molar-refractivity contribution in [2.24, 2.45) is 5.73 Å². The molecule has 0 aliphatic carbocycles. The van der Waals surface area contributed by atoms with Crippen LogP contribution in [0.3, 0.4) is 0 Å². The Bertz CT molecular complexity index is 465. The second-order valence-corrected chi connectivity index (χ2v) is 4.73. The third-order valence-electron chi connectivity index (χ3n) is 2.72. The van der Waals surface area contributed by atoms with Crippen LogP contribution in [0.4, 0.5) is 0 Å². The van der Waals surface area contributed by atoms with E-state index < -0.39 is 0 Å². The highest BCUT2D eigenvalue weighted by atomic mass is 32.1. The molecule has 0 saturated heterocycles. The minimum Gasteiger partial charge on any atom is -0.484 e. The molecule has 0 heterocycles. The van der Waals surface area contributed by atoms with Gasteiger partial charge in [-0.25, -0.2) is 0 Å². The first-order valence-corrected chi connectivity index (χ1v) is 6.78. The van der Waals surface area contributed by atoms with Gasteiger partial charge in [0.25, 0.3) is 5.91 Å². The normalized spacial score (nSPS) is 11.7.